The summed E-state index contributed by atoms with van der Waals surface area (Å²) < 4.78 is 1.16. The third-order valence-corrected chi connectivity index (χ3v) is 4.63. The van der Waals surface area contributed by atoms with E-state index in [-0.39, 0.29) is 6.61 Å². The van der Waals surface area contributed by atoms with Crippen LogP contribution >= 0.6 is 27.3 Å². The summed E-state index contributed by atoms with van der Waals surface area (Å²) >= 11 is 5.30. The van der Waals surface area contributed by atoms with Gasteiger partial charge in [0.1, 0.15) is 0 Å². The predicted octanol–water partition coefficient (Wildman–Crippen LogP) is 3.51. The fraction of sp³-hybridized carbons (Fsp3) is 0.286. The summed E-state index contributed by atoms with van der Waals surface area (Å²) in [6.07, 6.45) is 0. The molecule has 0 unspecified atom stereocenters. The van der Waals surface area contributed by atoms with Crippen molar-refractivity contribution in [2.45, 2.75) is 13.1 Å². The van der Waals surface area contributed by atoms with Crippen molar-refractivity contribution < 1.29 is 5.11 Å². The van der Waals surface area contributed by atoms with Crippen LogP contribution in [0.1, 0.15) is 10.4 Å². The first-order valence-corrected chi connectivity index (χ1v) is 7.56. The third-order valence-electron chi connectivity index (χ3n) is 2.72. The Labute approximate surface area is 120 Å². The fourth-order valence-electron chi connectivity index (χ4n) is 1.84. The Morgan fingerprint density at radius 2 is 1.89 bits per heavy atom. The van der Waals surface area contributed by atoms with Crippen LogP contribution in [0.5, 0.6) is 0 Å². The standard InChI is InChI=1S/C14H16BrNOS/c15-13-6-9-18-14(13)11-16(7-8-17)10-12-4-2-1-3-5-12/h1-6,9,17H,7-8,10-11H2. The Morgan fingerprint density at radius 3 is 2.50 bits per heavy atom. The molecule has 2 rings (SSSR count). The van der Waals surface area contributed by atoms with Crippen LogP contribution in [0, 0.1) is 0 Å². The SMILES string of the molecule is OCCN(Cc1ccccc1)Cc1sccc1Br. The van der Waals surface area contributed by atoms with Gasteiger partial charge in [0.15, 0.2) is 0 Å². The van der Waals surface area contributed by atoms with Gasteiger partial charge in [0.2, 0.25) is 0 Å². The van der Waals surface area contributed by atoms with Crippen molar-refractivity contribution in [2.24, 2.45) is 0 Å². The average Bonchev–Trinajstić information content (AvgIpc) is 2.77. The van der Waals surface area contributed by atoms with Gasteiger partial charge in [0.05, 0.1) is 6.61 Å². The van der Waals surface area contributed by atoms with Gasteiger partial charge < -0.3 is 5.11 Å². The number of rotatable bonds is 6. The van der Waals surface area contributed by atoms with Crippen molar-refractivity contribution in [1.82, 2.24) is 4.90 Å². The van der Waals surface area contributed by atoms with Gasteiger partial charge in [-0.3, -0.25) is 4.90 Å². The zero-order valence-electron chi connectivity index (χ0n) is 10.1. The lowest BCUT2D eigenvalue weighted by atomic mass is 10.2. The molecule has 0 spiro atoms. The van der Waals surface area contributed by atoms with Gasteiger partial charge in [-0.2, -0.15) is 0 Å². The van der Waals surface area contributed by atoms with Crippen molar-refractivity contribution in [3.63, 3.8) is 0 Å². The van der Waals surface area contributed by atoms with Gasteiger partial charge in [0.25, 0.3) is 0 Å². The number of hydrogen-bond donors (Lipinski definition) is 1. The molecule has 1 aromatic carbocycles. The van der Waals surface area contributed by atoms with Gasteiger partial charge in [-0.25, -0.2) is 0 Å². The Bertz CT molecular complexity index is 472. The van der Waals surface area contributed by atoms with Crippen molar-refractivity contribution >= 4 is 27.3 Å². The summed E-state index contributed by atoms with van der Waals surface area (Å²) in [6.45, 7) is 2.62. The van der Waals surface area contributed by atoms with Crippen LogP contribution in [0.25, 0.3) is 0 Å². The molecule has 0 aliphatic carbocycles. The minimum Gasteiger partial charge on any atom is -0.395 e. The molecule has 1 N–H and O–H groups in total. The second kappa shape index (κ2) is 7.04. The smallest absolute Gasteiger partial charge is 0.0558 e. The van der Waals surface area contributed by atoms with E-state index in [0.29, 0.717) is 6.54 Å². The second-order valence-corrected chi connectivity index (χ2v) is 5.97. The quantitative estimate of drug-likeness (QED) is 0.878. The monoisotopic (exact) mass is 325 g/mol. The van der Waals surface area contributed by atoms with Gasteiger partial charge >= 0.3 is 0 Å². The molecule has 0 saturated heterocycles. The molecule has 0 bridgehead atoms. The molecule has 0 amide bonds. The first-order chi connectivity index (χ1) is 8.79. The summed E-state index contributed by atoms with van der Waals surface area (Å²) in [5, 5.41) is 11.2. The topological polar surface area (TPSA) is 23.5 Å². The molecule has 96 valence electrons. The Morgan fingerprint density at radius 1 is 1.11 bits per heavy atom. The normalized spacial score (nSPS) is 11.1. The highest BCUT2D eigenvalue weighted by molar-refractivity contribution is 9.10. The van der Waals surface area contributed by atoms with Crippen LogP contribution in [0.3, 0.4) is 0 Å². The maximum absolute atomic E-state index is 9.16. The number of halogens is 1. The lowest BCUT2D eigenvalue weighted by Gasteiger charge is -2.21. The first-order valence-electron chi connectivity index (χ1n) is 5.88. The van der Waals surface area contributed by atoms with E-state index >= 15 is 0 Å². The number of aliphatic hydroxyl groups excluding tert-OH is 1. The highest BCUT2D eigenvalue weighted by Crippen LogP contribution is 2.24. The summed E-state index contributed by atoms with van der Waals surface area (Å²) in [5.41, 5.74) is 1.28. The van der Waals surface area contributed by atoms with Crippen LogP contribution in [0.15, 0.2) is 46.3 Å². The molecule has 0 saturated carbocycles. The number of nitrogens with zero attached hydrogens (tertiary/aromatic N) is 1. The van der Waals surface area contributed by atoms with Crippen LogP contribution in [-0.2, 0) is 13.1 Å². The molecule has 0 radical (unpaired) electrons. The summed E-state index contributed by atoms with van der Waals surface area (Å²) in [4.78, 5) is 3.56. The Balaban J connectivity index is 2.02. The molecule has 1 aromatic heterocycles. The minimum atomic E-state index is 0.190. The second-order valence-electron chi connectivity index (χ2n) is 4.11. The zero-order valence-corrected chi connectivity index (χ0v) is 12.5. The number of thiophene rings is 1. The predicted molar refractivity (Wildman–Crippen MR) is 79.7 cm³/mol. The zero-order chi connectivity index (χ0) is 12.8. The summed E-state index contributed by atoms with van der Waals surface area (Å²) in [6, 6.07) is 12.4. The molecular weight excluding hydrogens is 310 g/mol. The Kier molecular flexibility index (Phi) is 5.38. The molecule has 0 fully saturated rings. The molecule has 2 aromatic rings. The third kappa shape index (κ3) is 3.92. The Hall–Kier alpha value is -0.680. The van der Waals surface area contributed by atoms with Crippen LogP contribution < -0.4 is 0 Å². The van der Waals surface area contributed by atoms with Crippen molar-refractivity contribution in [2.75, 3.05) is 13.2 Å². The van der Waals surface area contributed by atoms with Crippen molar-refractivity contribution in [1.29, 1.82) is 0 Å². The van der Waals surface area contributed by atoms with Crippen molar-refractivity contribution in [3.8, 4) is 0 Å². The lowest BCUT2D eigenvalue weighted by Crippen LogP contribution is -2.25. The minimum absolute atomic E-state index is 0.190. The van der Waals surface area contributed by atoms with Gasteiger partial charge in [-0.15, -0.1) is 11.3 Å². The van der Waals surface area contributed by atoms with Crippen LogP contribution in [0.4, 0.5) is 0 Å². The van der Waals surface area contributed by atoms with E-state index in [1.54, 1.807) is 11.3 Å². The lowest BCUT2D eigenvalue weighted by molar-refractivity contribution is 0.185. The average molecular weight is 326 g/mol. The van der Waals surface area contributed by atoms with E-state index in [0.717, 1.165) is 17.6 Å². The molecule has 0 aliphatic heterocycles. The maximum Gasteiger partial charge on any atom is 0.0558 e. The van der Waals surface area contributed by atoms with Crippen LogP contribution in [0.2, 0.25) is 0 Å². The van der Waals surface area contributed by atoms with E-state index in [2.05, 4.69) is 44.4 Å². The fourth-order valence-corrected chi connectivity index (χ4v) is 3.36. The molecule has 2 nitrogen and oxygen atoms in total. The number of hydrogen-bond acceptors (Lipinski definition) is 3. The van der Waals surface area contributed by atoms with Gasteiger partial charge in [0, 0.05) is 29.0 Å². The summed E-state index contributed by atoms with van der Waals surface area (Å²) in [5.74, 6) is 0. The highest BCUT2D eigenvalue weighted by atomic mass is 79.9. The summed E-state index contributed by atoms with van der Waals surface area (Å²) in [7, 11) is 0. The van der Waals surface area contributed by atoms with E-state index in [4.69, 9.17) is 5.11 Å². The number of benzene rings is 1. The largest absolute Gasteiger partial charge is 0.395 e. The molecule has 18 heavy (non-hydrogen) atoms. The maximum atomic E-state index is 9.16. The van der Waals surface area contributed by atoms with E-state index in [1.165, 1.54) is 10.4 Å². The van der Waals surface area contributed by atoms with Crippen molar-refractivity contribution in [3.05, 3.63) is 56.7 Å². The first kappa shape index (κ1) is 13.7. The molecule has 0 aliphatic rings. The molecular formula is C14H16BrNOS. The van der Waals surface area contributed by atoms with E-state index < -0.39 is 0 Å². The number of aliphatic hydroxyl groups is 1. The molecule has 1 heterocycles. The van der Waals surface area contributed by atoms with Gasteiger partial charge in [-0.1, -0.05) is 30.3 Å². The van der Waals surface area contributed by atoms with Gasteiger partial charge in [-0.05, 0) is 32.9 Å². The van der Waals surface area contributed by atoms with E-state index in [1.807, 2.05) is 18.2 Å². The van der Waals surface area contributed by atoms with Crippen LogP contribution in [-0.4, -0.2) is 23.2 Å². The molecule has 0 atom stereocenters. The van der Waals surface area contributed by atoms with E-state index in [9.17, 15) is 0 Å². The highest BCUT2D eigenvalue weighted by Gasteiger charge is 2.09. The molecule has 4 heteroatoms.